The monoisotopic (exact) mass is 453 g/mol. The molecule has 2 aromatic carbocycles. The number of benzene rings is 2. The van der Waals surface area contributed by atoms with E-state index in [2.05, 4.69) is 20.3 Å². The summed E-state index contributed by atoms with van der Waals surface area (Å²) < 4.78 is 27.0. The van der Waals surface area contributed by atoms with Crippen molar-refractivity contribution in [1.29, 1.82) is 0 Å². The third-order valence-electron chi connectivity index (χ3n) is 5.19. The van der Waals surface area contributed by atoms with Crippen LogP contribution in [0.1, 0.15) is 15.9 Å². The molecule has 0 saturated carbocycles. The largest absolute Gasteiger partial charge is 0.348 e. The molecule has 6 nitrogen and oxygen atoms in total. The van der Waals surface area contributed by atoms with Crippen LogP contribution in [0.3, 0.4) is 0 Å². The average molecular weight is 453 g/mol. The van der Waals surface area contributed by atoms with Crippen molar-refractivity contribution in [2.75, 3.05) is 0 Å². The molecule has 8 heteroatoms. The Kier molecular flexibility index (Phi) is 5.70. The fourth-order valence-corrected chi connectivity index (χ4v) is 3.48. The van der Waals surface area contributed by atoms with Crippen LogP contribution in [0, 0.1) is 11.6 Å². The maximum Gasteiger partial charge on any atom is 0.253 e. The van der Waals surface area contributed by atoms with Gasteiger partial charge in [-0.15, -0.1) is 0 Å². The SMILES string of the molecule is O=C(NCc1cccnc1)c1cnc2nc(-c3ccc(F)cc3)c(-c3ccc(F)cc3)nc2c1. The Labute approximate surface area is 193 Å². The van der Waals surface area contributed by atoms with Crippen molar-refractivity contribution in [1.82, 2.24) is 25.3 Å². The first-order chi connectivity index (χ1) is 16.6. The van der Waals surface area contributed by atoms with Gasteiger partial charge in [-0.2, -0.15) is 0 Å². The molecule has 0 aliphatic carbocycles. The maximum absolute atomic E-state index is 13.5. The summed E-state index contributed by atoms with van der Waals surface area (Å²) in [4.78, 5) is 30.4. The molecule has 0 aliphatic rings. The van der Waals surface area contributed by atoms with E-state index >= 15 is 0 Å². The van der Waals surface area contributed by atoms with Gasteiger partial charge in [-0.05, 0) is 66.2 Å². The number of pyridine rings is 2. The smallest absolute Gasteiger partial charge is 0.253 e. The van der Waals surface area contributed by atoms with Gasteiger partial charge in [-0.3, -0.25) is 9.78 Å². The minimum atomic E-state index is -0.380. The van der Waals surface area contributed by atoms with Crippen molar-refractivity contribution in [2.24, 2.45) is 0 Å². The Bertz CT molecular complexity index is 1470. The van der Waals surface area contributed by atoms with Crippen LogP contribution in [-0.4, -0.2) is 25.8 Å². The van der Waals surface area contributed by atoms with Crippen molar-refractivity contribution >= 4 is 17.1 Å². The van der Waals surface area contributed by atoms with E-state index in [9.17, 15) is 13.6 Å². The molecule has 0 radical (unpaired) electrons. The van der Waals surface area contributed by atoms with E-state index < -0.39 is 0 Å². The first-order valence-corrected chi connectivity index (χ1v) is 10.4. The third kappa shape index (κ3) is 4.47. The Morgan fingerprint density at radius 2 is 1.47 bits per heavy atom. The molecular formula is C26H17F2N5O. The molecule has 5 aromatic rings. The van der Waals surface area contributed by atoms with Crippen LogP contribution in [0.2, 0.25) is 0 Å². The van der Waals surface area contributed by atoms with E-state index in [1.807, 2.05) is 6.07 Å². The number of nitrogens with zero attached hydrogens (tertiary/aromatic N) is 4. The predicted octanol–water partition coefficient (Wildman–Crippen LogP) is 4.96. The van der Waals surface area contributed by atoms with Gasteiger partial charge in [0.25, 0.3) is 5.91 Å². The van der Waals surface area contributed by atoms with Gasteiger partial charge in [-0.25, -0.2) is 23.7 Å². The van der Waals surface area contributed by atoms with Gasteiger partial charge in [0.2, 0.25) is 0 Å². The summed E-state index contributed by atoms with van der Waals surface area (Å²) >= 11 is 0. The molecule has 5 rings (SSSR count). The second-order valence-electron chi connectivity index (χ2n) is 7.55. The van der Waals surface area contributed by atoms with Crippen molar-refractivity contribution in [2.45, 2.75) is 6.54 Å². The van der Waals surface area contributed by atoms with Crippen molar-refractivity contribution in [3.8, 4) is 22.5 Å². The zero-order valence-corrected chi connectivity index (χ0v) is 17.7. The molecule has 1 N–H and O–H groups in total. The van der Waals surface area contributed by atoms with Crippen LogP contribution in [0.4, 0.5) is 8.78 Å². The van der Waals surface area contributed by atoms with Gasteiger partial charge in [0.05, 0.1) is 17.0 Å². The molecule has 0 saturated heterocycles. The average Bonchev–Trinajstić information content (AvgIpc) is 2.88. The normalized spacial score (nSPS) is 10.9. The van der Waals surface area contributed by atoms with Gasteiger partial charge in [0.1, 0.15) is 17.2 Å². The maximum atomic E-state index is 13.5. The number of aromatic nitrogens is 4. The Morgan fingerprint density at radius 1 is 0.824 bits per heavy atom. The summed E-state index contributed by atoms with van der Waals surface area (Å²) in [5.41, 5.74) is 4.12. The van der Waals surface area contributed by atoms with Gasteiger partial charge < -0.3 is 5.32 Å². The molecule has 3 heterocycles. The summed E-state index contributed by atoms with van der Waals surface area (Å²) in [6, 6.07) is 17.0. The summed E-state index contributed by atoms with van der Waals surface area (Å²) in [7, 11) is 0. The summed E-state index contributed by atoms with van der Waals surface area (Å²) in [6.07, 6.45) is 4.77. The number of rotatable bonds is 5. The van der Waals surface area contributed by atoms with Crippen LogP contribution in [0.25, 0.3) is 33.7 Å². The first-order valence-electron chi connectivity index (χ1n) is 10.4. The highest BCUT2D eigenvalue weighted by molar-refractivity contribution is 5.96. The topological polar surface area (TPSA) is 80.7 Å². The number of hydrogen-bond donors (Lipinski definition) is 1. The van der Waals surface area contributed by atoms with E-state index in [4.69, 9.17) is 4.98 Å². The van der Waals surface area contributed by atoms with Gasteiger partial charge in [-0.1, -0.05) is 6.07 Å². The van der Waals surface area contributed by atoms with E-state index in [0.29, 0.717) is 45.8 Å². The number of carbonyl (C=O) groups excluding carboxylic acids is 1. The second-order valence-corrected chi connectivity index (χ2v) is 7.55. The van der Waals surface area contributed by atoms with Gasteiger partial charge >= 0.3 is 0 Å². The zero-order chi connectivity index (χ0) is 23.5. The zero-order valence-electron chi connectivity index (χ0n) is 17.7. The van der Waals surface area contributed by atoms with Crippen LogP contribution in [0.5, 0.6) is 0 Å². The number of amides is 1. The summed E-state index contributed by atoms with van der Waals surface area (Å²) in [6.45, 7) is 0.320. The lowest BCUT2D eigenvalue weighted by Crippen LogP contribution is -2.23. The lowest BCUT2D eigenvalue weighted by molar-refractivity contribution is 0.0950. The fourth-order valence-electron chi connectivity index (χ4n) is 3.48. The lowest BCUT2D eigenvalue weighted by atomic mass is 10.0. The van der Waals surface area contributed by atoms with Crippen LogP contribution in [-0.2, 0) is 6.54 Å². The van der Waals surface area contributed by atoms with E-state index in [0.717, 1.165) is 5.56 Å². The fraction of sp³-hybridized carbons (Fsp3) is 0.0385. The molecular weight excluding hydrogens is 436 g/mol. The Morgan fingerprint density at radius 3 is 2.09 bits per heavy atom. The van der Waals surface area contributed by atoms with Gasteiger partial charge in [0, 0.05) is 36.3 Å². The molecule has 0 aliphatic heterocycles. The first kappa shape index (κ1) is 21.3. The number of carbonyl (C=O) groups is 1. The molecule has 0 bridgehead atoms. The minimum Gasteiger partial charge on any atom is -0.348 e. The van der Waals surface area contributed by atoms with Crippen molar-refractivity contribution in [3.63, 3.8) is 0 Å². The molecule has 0 fully saturated rings. The van der Waals surface area contributed by atoms with Crippen molar-refractivity contribution in [3.05, 3.63) is 108 Å². The Balaban J connectivity index is 1.55. The number of fused-ring (bicyclic) bond motifs is 1. The number of nitrogens with one attached hydrogen (secondary N) is 1. The minimum absolute atomic E-state index is 0.314. The summed E-state index contributed by atoms with van der Waals surface area (Å²) in [5, 5.41) is 2.83. The number of hydrogen-bond acceptors (Lipinski definition) is 5. The van der Waals surface area contributed by atoms with Crippen LogP contribution >= 0.6 is 0 Å². The van der Waals surface area contributed by atoms with Crippen LogP contribution in [0.15, 0.2) is 85.3 Å². The third-order valence-corrected chi connectivity index (χ3v) is 5.19. The molecule has 34 heavy (non-hydrogen) atoms. The highest BCUT2D eigenvalue weighted by Crippen LogP contribution is 2.31. The van der Waals surface area contributed by atoms with Crippen LogP contribution < -0.4 is 5.32 Å². The van der Waals surface area contributed by atoms with E-state index in [-0.39, 0.29) is 17.5 Å². The Hall–Kier alpha value is -4.59. The van der Waals surface area contributed by atoms with Crippen molar-refractivity contribution < 1.29 is 13.6 Å². The second kappa shape index (κ2) is 9.11. The standard InChI is InChI=1S/C26H17F2N5O/c27-20-7-3-17(4-8-20)23-24(18-5-9-21(28)10-6-18)33-25-22(32-23)12-19(15-30-25)26(34)31-14-16-2-1-11-29-13-16/h1-13,15H,14H2,(H,31,34). The number of halogens is 2. The van der Waals surface area contributed by atoms with Gasteiger partial charge in [0.15, 0.2) is 5.65 Å². The molecule has 0 unspecified atom stereocenters. The molecule has 3 aromatic heterocycles. The molecule has 166 valence electrons. The molecule has 1 amide bonds. The highest BCUT2D eigenvalue weighted by atomic mass is 19.1. The quantitative estimate of drug-likeness (QED) is 0.407. The highest BCUT2D eigenvalue weighted by Gasteiger charge is 2.16. The van der Waals surface area contributed by atoms with E-state index in [1.54, 1.807) is 48.8 Å². The molecule has 0 spiro atoms. The lowest BCUT2D eigenvalue weighted by Gasteiger charge is -2.11. The van der Waals surface area contributed by atoms with E-state index in [1.165, 1.54) is 30.5 Å². The molecule has 0 atom stereocenters. The summed E-state index contributed by atoms with van der Waals surface area (Å²) in [5.74, 6) is -1.07. The predicted molar refractivity (Wildman–Crippen MR) is 124 cm³/mol.